The van der Waals surface area contributed by atoms with Gasteiger partial charge in [-0.2, -0.15) is 0 Å². The van der Waals surface area contributed by atoms with E-state index < -0.39 is 91.2 Å². The minimum atomic E-state index is -1.70. The minimum absolute atomic E-state index is 0.0287. The Labute approximate surface area is 243 Å². The summed E-state index contributed by atoms with van der Waals surface area (Å²) in [5.41, 5.74) is 10.3. The quantitative estimate of drug-likeness (QED) is 0.0764. The standard InChI is InChI=1S/C24H48N6O12/c1-4-28-8-12-13(31)14(32)15(33)22(40-12)41-18-10(26)7-11(29-23(36)30(38)6-5-25)19(16(18)34)42-21-17(35)20(27-3)24(2,37)9-39-21/h10-22,27-28,31-35,37-38H,4-9,25-26H2,1-3H3,(H,29,36). The van der Waals surface area contributed by atoms with E-state index in [0.29, 0.717) is 11.6 Å². The van der Waals surface area contributed by atoms with Crippen LogP contribution < -0.4 is 27.4 Å². The highest BCUT2D eigenvalue weighted by Gasteiger charge is 2.53. The molecule has 0 radical (unpaired) electrons. The first-order chi connectivity index (χ1) is 19.8. The van der Waals surface area contributed by atoms with Crippen LogP contribution in [0.3, 0.4) is 0 Å². The van der Waals surface area contributed by atoms with Crippen LogP contribution in [0.1, 0.15) is 20.3 Å². The summed E-state index contributed by atoms with van der Waals surface area (Å²) < 4.78 is 23.2. The molecule has 2 saturated heterocycles. The van der Waals surface area contributed by atoms with E-state index in [1.807, 2.05) is 6.92 Å². The van der Waals surface area contributed by atoms with E-state index in [2.05, 4.69) is 16.0 Å². The fourth-order valence-corrected chi connectivity index (χ4v) is 5.55. The van der Waals surface area contributed by atoms with Crippen molar-refractivity contribution in [3.63, 3.8) is 0 Å². The molecule has 14 N–H and O–H groups in total. The van der Waals surface area contributed by atoms with Gasteiger partial charge in [-0.15, -0.1) is 0 Å². The first-order valence-electron chi connectivity index (χ1n) is 14.1. The van der Waals surface area contributed by atoms with Crippen molar-refractivity contribution in [2.75, 3.05) is 39.8 Å². The van der Waals surface area contributed by atoms with Crippen LogP contribution >= 0.6 is 0 Å². The highest BCUT2D eigenvalue weighted by Crippen LogP contribution is 2.32. The highest BCUT2D eigenvalue weighted by atomic mass is 16.7. The van der Waals surface area contributed by atoms with Gasteiger partial charge in [0, 0.05) is 19.1 Å². The molecule has 0 aromatic heterocycles. The molecular formula is C24H48N6O12. The van der Waals surface area contributed by atoms with Crippen LogP contribution in [0.25, 0.3) is 0 Å². The predicted molar refractivity (Wildman–Crippen MR) is 143 cm³/mol. The second-order valence-corrected chi connectivity index (χ2v) is 11.2. The number of rotatable bonds is 11. The van der Waals surface area contributed by atoms with Crippen molar-refractivity contribution in [1.29, 1.82) is 0 Å². The van der Waals surface area contributed by atoms with E-state index in [1.54, 1.807) is 0 Å². The lowest BCUT2D eigenvalue weighted by molar-refractivity contribution is -0.330. The largest absolute Gasteiger partial charge is 0.388 e. The van der Waals surface area contributed by atoms with Crippen molar-refractivity contribution in [2.45, 2.75) is 105 Å². The highest BCUT2D eigenvalue weighted by molar-refractivity contribution is 5.73. The Balaban J connectivity index is 1.84. The molecule has 1 saturated carbocycles. The zero-order valence-corrected chi connectivity index (χ0v) is 24.0. The summed E-state index contributed by atoms with van der Waals surface area (Å²) >= 11 is 0. The van der Waals surface area contributed by atoms with Crippen LogP contribution in [0.15, 0.2) is 0 Å². The summed E-state index contributed by atoms with van der Waals surface area (Å²) in [4.78, 5) is 12.6. The monoisotopic (exact) mass is 612 g/mol. The fourth-order valence-electron chi connectivity index (χ4n) is 5.55. The second kappa shape index (κ2) is 15.1. The van der Waals surface area contributed by atoms with E-state index in [-0.39, 0.29) is 32.7 Å². The number of nitrogens with one attached hydrogen (secondary N) is 3. The number of nitrogens with two attached hydrogens (primary N) is 2. The van der Waals surface area contributed by atoms with Gasteiger partial charge >= 0.3 is 6.03 Å². The second-order valence-electron chi connectivity index (χ2n) is 11.2. The number of aliphatic hydroxyl groups is 6. The molecule has 0 spiro atoms. The molecule has 2 amide bonds. The third kappa shape index (κ3) is 7.84. The summed E-state index contributed by atoms with van der Waals surface area (Å²) in [6, 6.07) is -3.88. The van der Waals surface area contributed by atoms with Crippen LogP contribution in [0, 0.1) is 0 Å². The zero-order valence-electron chi connectivity index (χ0n) is 24.0. The molecule has 42 heavy (non-hydrogen) atoms. The molecule has 246 valence electrons. The molecule has 3 aliphatic rings. The Kier molecular flexibility index (Phi) is 12.6. The van der Waals surface area contributed by atoms with E-state index in [9.17, 15) is 40.6 Å². The first-order valence-corrected chi connectivity index (χ1v) is 14.1. The maximum absolute atomic E-state index is 12.6. The number of nitrogens with zero attached hydrogens (tertiary/aromatic N) is 1. The Bertz CT molecular complexity index is 863. The number of urea groups is 1. The van der Waals surface area contributed by atoms with E-state index in [4.69, 9.17) is 30.4 Å². The number of hydrogen-bond acceptors (Lipinski definition) is 16. The van der Waals surface area contributed by atoms with Crippen LogP contribution in [0.2, 0.25) is 0 Å². The SMILES string of the molecule is CCNCC1OC(OC2C(N)CC(NC(=O)N(O)CCN)C(OC3OCC(C)(O)C(NC)C3O)C2O)C(O)C(O)C1O. The molecule has 18 heteroatoms. The number of amides is 2. The Morgan fingerprint density at radius 1 is 1.05 bits per heavy atom. The molecule has 18 nitrogen and oxygen atoms in total. The Morgan fingerprint density at radius 2 is 1.71 bits per heavy atom. The molecular weight excluding hydrogens is 564 g/mol. The predicted octanol–water partition coefficient (Wildman–Crippen LogP) is -5.95. The number of carbonyl (C=O) groups is 1. The average Bonchev–Trinajstić information content (AvgIpc) is 2.93. The lowest BCUT2D eigenvalue weighted by Crippen LogP contribution is -2.70. The molecule has 0 aromatic carbocycles. The van der Waals surface area contributed by atoms with Gasteiger partial charge in [-0.25, -0.2) is 9.86 Å². The minimum Gasteiger partial charge on any atom is -0.388 e. The summed E-state index contributed by atoms with van der Waals surface area (Å²) in [5, 5.41) is 82.9. The molecule has 1 aliphatic carbocycles. The van der Waals surface area contributed by atoms with Crippen molar-refractivity contribution in [1.82, 2.24) is 21.0 Å². The van der Waals surface area contributed by atoms with Gasteiger partial charge in [0.1, 0.15) is 54.4 Å². The molecule has 14 atom stereocenters. The molecule has 3 rings (SSSR count). The first kappa shape index (κ1) is 35.2. The van der Waals surface area contributed by atoms with Crippen LogP contribution in [-0.4, -0.2) is 172 Å². The van der Waals surface area contributed by atoms with E-state index in [1.165, 1.54) is 14.0 Å². The van der Waals surface area contributed by atoms with Crippen molar-refractivity contribution in [3.05, 3.63) is 0 Å². The zero-order chi connectivity index (χ0) is 31.4. The average molecular weight is 613 g/mol. The third-order valence-electron chi connectivity index (χ3n) is 7.89. The third-order valence-corrected chi connectivity index (χ3v) is 7.89. The smallest absolute Gasteiger partial charge is 0.341 e. The summed E-state index contributed by atoms with van der Waals surface area (Å²) in [7, 11) is 1.53. The lowest BCUT2D eigenvalue weighted by atomic mass is 9.83. The van der Waals surface area contributed by atoms with Gasteiger partial charge in [0.05, 0.1) is 25.2 Å². The van der Waals surface area contributed by atoms with Crippen molar-refractivity contribution < 1.29 is 59.6 Å². The van der Waals surface area contributed by atoms with Crippen LogP contribution in [0.5, 0.6) is 0 Å². The Morgan fingerprint density at radius 3 is 2.33 bits per heavy atom. The molecule has 2 heterocycles. The van der Waals surface area contributed by atoms with E-state index in [0.717, 1.165) is 0 Å². The maximum Gasteiger partial charge on any atom is 0.341 e. The molecule has 0 bridgehead atoms. The number of carbonyl (C=O) groups excluding carboxylic acids is 1. The normalized spacial score (nSPS) is 44.5. The van der Waals surface area contributed by atoms with Gasteiger partial charge in [-0.1, -0.05) is 6.92 Å². The van der Waals surface area contributed by atoms with Crippen molar-refractivity contribution >= 4 is 6.03 Å². The van der Waals surface area contributed by atoms with Gasteiger partial charge in [-0.3, -0.25) is 5.21 Å². The summed E-state index contributed by atoms with van der Waals surface area (Å²) in [6.45, 7) is 3.52. The van der Waals surface area contributed by atoms with Gasteiger partial charge in [0.25, 0.3) is 0 Å². The fraction of sp³-hybridized carbons (Fsp3) is 0.958. The number of hydroxylamine groups is 2. The molecule has 3 fully saturated rings. The molecule has 0 aromatic rings. The summed E-state index contributed by atoms with van der Waals surface area (Å²) in [6.07, 6.45) is -14.4. The van der Waals surface area contributed by atoms with Gasteiger partial charge < -0.3 is 77.0 Å². The van der Waals surface area contributed by atoms with Crippen molar-refractivity contribution in [3.8, 4) is 0 Å². The number of ether oxygens (including phenoxy) is 4. The van der Waals surface area contributed by atoms with Crippen LogP contribution in [-0.2, 0) is 18.9 Å². The Hall–Kier alpha value is -1.33. The number of aliphatic hydroxyl groups excluding tert-OH is 5. The van der Waals surface area contributed by atoms with Crippen LogP contribution in [0.4, 0.5) is 4.79 Å². The topological polar surface area (TPSA) is 287 Å². The van der Waals surface area contributed by atoms with Gasteiger partial charge in [0.2, 0.25) is 0 Å². The number of hydrogen-bond donors (Lipinski definition) is 12. The maximum atomic E-state index is 12.6. The van der Waals surface area contributed by atoms with Gasteiger partial charge in [-0.05, 0) is 26.9 Å². The van der Waals surface area contributed by atoms with E-state index >= 15 is 0 Å². The summed E-state index contributed by atoms with van der Waals surface area (Å²) in [5.74, 6) is 0. The van der Waals surface area contributed by atoms with Gasteiger partial charge in [0.15, 0.2) is 12.6 Å². The lowest BCUT2D eigenvalue weighted by Gasteiger charge is -2.49. The van der Waals surface area contributed by atoms with Crippen molar-refractivity contribution in [2.24, 2.45) is 11.5 Å². The number of likely N-dealkylation sites (N-methyl/N-ethyl adjacent to an activating group) is 2. The molecule has 2 aliphatic heterocycles. The molecule has 14 unspecified atom stereocenters.